The molecule has 4 nitrogen and oxygen atoms in total. The van der Waals surface area contributed by atoms with Gasteiger partial charge in [0.1, 0.15) is 0 Å². The van der Waals surface area contributed by atoms with E-state index in [0.717, 1.165) is 19.3 Å². The van der Waals surface area contributed by atoms with Gasteiger partial charge in [-0.25, -0.2) is 4.79 Å². The third-order valence-electron chi connectivity index (χ3n) is 2.48. The number of carbonyl (C=O) groups excluding carboxylic acids is 1. The van der Waals surface area contributed by atoms with Gasteiger partial charge >= 0.3 is 11.9 Å². The first kappa shape index (κ1) is 15.9. The van der Waals surface area contributed by atoms with Crippen molar-refractivity contribution in [3.63, 3.8) is 0 Å². The minimum absolute atomic E-state index is 0.214. The molecule has 0 bridgehead atoms. The molecule has 4 heteroatoms. The Labute approximate surface area is 103 Å². The monoisotopic (exact) mass is 244 g/mol. The van der Waals surface area contributed by atoms with E-state index in [9.17, 15) is 9.59 Å². The van der Waals surface area contributed by atoms with Crippen molar-refractivity contribution in [3.8, 4) is 0 Å². The highest BCUT2D eigenvalue weighted by molar-refractivity contribution is 5.77. The predicted molar refractivity (Wildman–Crippen MR) is 65.7 cm³/mol. The number of carboxylic acids is 1. The highest BCUT2D eigenvalue weighted by Gasteiger charge is 2.21. The van der Waals surface area contributed by atoms with Crippen LogP contribution < -0.4 is 0 Å². The third kappa shape index (κ3) is 8.72. The molecular weight excluding hydrogens is 220 g/mol. The Kier molecular flexibility index (Phi) is 6.85. The Morgan fingerprint density at radius 2 is 1.82 bits per heavy atom. The molecule has 0 amide bonds. The molecule has 0 fully saturated rings. The molecule has 0 spiro atoms. The summed E-state index contributed by atoms with van der Waals surface area (Å²) in [7, 11) is 0. The lowest BCUT2D eigenvalue weighted by molar-refractivity contribution is -0.164. The lowest BCUT2D eigenvalue weighted by Gasteiger charge is -2.18. The molecule has 0 rings (SSSR count). The summed E-state index contributed by atoms with van der Waals surface area (Å²) in [4.78, 5) is 21.9. The van der Waals surface area contributed by atoms with E-state index in [1.165, 1.54) is 0 Å². The van der Waals surface area contributed by atoms with Crippen molar-refractivity contribution in [2.45, 2.75) is 65.9 Å². The number of carboxylic acid groups (broad SMARTS) is 1. The first-order valence-electron chi connectivity index (χ1n) is 6.18. The minimum atomic E-state index is -1.05. The van der Waals surface area contributed by atoms with Crippen LogP contribution in [-0.4, -0.2) is 23.1 Å². The first-order valence-corrected chi connectivity index (χ1v) is 6.18. The summed E-state index contributed by atoms with van der Waals surface area (Å²) in [5, 5.41) is 8.90. The molecular formula is C13H24O4. The normalized spacial score (nSPS) is 13.2. The van der Waals surface area contributed by atoms with Crippen LogP contribution in [0.4, 0.5) is 0 Å². The zero-order valence-electron chi connectivity index (χ0n) is 11.3. The number of esters is 1. The lowest BCUT2D eigenvalue weighted by Crippen LogP contribution is -2.26. The molecule has 0 aliphatic heterocycles. The molecule has 0 heterocycles. The van der Waals surface area contributed by atoms with Crippen LogP contribution in [0.25, 0.3) is 0 Å². The summed E-state index contributed by atoms with van der Waals surface area (Å²) in [6.07, 6.45) is 2.40. The van der Waals surface area contributed by atoms with Crippen LogP contribution in [0.1, 0.15) is 59.8 Å². The quantitative estimate of drug-likeness (QED) is 0.552. The fraction of sp³-hybridized carbons (Fsp3) is 0.846. The fourth-order valence-corrected chi connectivity index (χ4v) is 1.46. The van der Waals surface area contributed by atoms with Crippen molar-refractivity contribution in [2.75, 3.05) is 0 Å². The van der Waals surface area contributed by atoms with Gasteiger partial charge in [0.25, 0.3) is 0 Å². The zero-order chi connectivity index (χ0) is 13.5. The maximum absolute atomic E-state index is 11.0. The molecule has 0 saturated carbocycles. The van der Waals surface area contributed by atoms with Gasteiger partial charge in [-0.1, -0.05) is 34.1 Å². The molecule has 1 N–H and O–H groups in total. The fourth-order valence-electron chi connectivity index (χ4n) is 1.46. The Balaban J connectivity index is 3.94. The molecule has 0 saturated heterocycles. The molecule has 100 valence electrons. The Hall–Kier alpha value is -1.06. The highest BCUT2D eigenvalue weighted by Crippen LogP contribution is 2.22. The number of hydrogen-bond acceptors (Lipinski definition) is 3. The van der Waals surface area contributed by atoms with E-state index in [1.807, 2.05) is 0 Å². The van der Waals surface area contributed by atoms with Crippen molar-refractivity contribution >= 4 is 11.9 Å². The van der Waals surface area contributed by atoms with E-state index in [-0.39, 0.29) is 11.8 Å². The Morgan fingerprint density at radius 1 is 1.24 bits per heavy atom. The van der Waals surface area contributed by atoms with Crippen LogP contribution in [0.3, 0.4) is 0 Å². The molecule has 17 heavy (non-hydrogen) atoms. The molecule has 0 aliphatic rings. The molecule has 0 aromatic rings. The average molecular weight is 244 g/mol. The summed E-state index contributed by atoms with van der Waals surface area (Å²) in [5.41, 5.74) is 0.263. The summed E-state index contributed by atoms with van der Waals surface area (Å²) < 4.78 is 4.85. The molecule has 1 atom stereocenters. The molecule has 0 radical (unpaired) electrons. The van der Waals surface area contributed by atoms with E-state index in [0.29, 0.717) is 6.42 Å². The number of carbonyl (C=O) groups is 2. The molecule has 0 aromatic heterocycles. The van der Waals surface area contributed by atoms with Crippen LogP contribution in [0, 0.1) is 5.41 Å². The van der Waals surface area contributed by atoms with Gasteiger partial charge in [-0.15, -0.1) is 0 Å². The van der Waals surface area contributed by atoms with Crippen LogP contribution in [0.15, 0.2) is 0 Å². The first-order chi connectivity index (χ1) is 7.76. The van der Waals surface area contributed by atoms with E-state index in [1.54, 1.807) is 6.92 Å². The van der Waals surface area contributed by atoms with Crippen LogP contribution in [0.2, 0.25) is 0 Å². The van der Waals surface area contributed by atoms with E-state index < -0.39 is 18.0 Å². The average Bonchev–Trinajstić information content (AvgIpc) is 2.20. The van der Waals surface area contributed by atoms with Gasteiger partial charge in [0.05, 0.1) is 0 Å². The van der Waals surface area contributed by atoms with Gasteiger partial charge in [-0.2, -0.15) is 0 Å². The summed E-state index contributed by atoms with van der Waals surface area (Å²) >= 11 is 0. The predicted octanol–water partition coefficient (Wildman–Crippen LogP) is 3.00. The molecule has 0 aliphatic carbocycles. The van der Waals surface area contributed by atoms with Crippen LogP contribution in [0.5, 0.6) is 0 Å². The lowest BCUT2D eigenvalue weighted by atomic mass is 9.89. The second-order valence-electron chi connectivity index (χ2n) is 5.48. The van der Waals surface area contributed by atoms with Crippen molar-refractivity contribution < 1.29 is 19.4 Å². The number of rotatable bonds is 7. The van der Waals surface area contributed by atoms with E-state index >= 15 is 0 Å². The zero-order valence-corrected chi connectivity index (χ0v) is 11.3. The third-order valence-corrected chi connectivity index (χ3v) is 2.48. The summed E-state index contributed by atoms with van der Waals surface area (Å²) in [5.74, 6) is -1.50. The second-order valence-corrected chi connectivity index (χ2v) is 5.48. The van der Waals surface area contributed by atoms with Crippen LogP contribution in [-0.2, 0) is 14.3 Å². The topological polar surface area (TPSA) is 63.6 Å². The Bertz CT molecular complexity index is 253. The largest absolute Gasteiger partial charge is 0.479 e. The highest BCUT2D eigenvalue weighted by atomic mass is 16.6. The standard InChI is InChI=1S/C13H24O4/c1-5-11(14)17-10(12(15)16)8-6-7-9-13(2,3)4/h10H,5-9H2,1-4H3,(H,15,16). The second kappa shape index (κ2) is 7.30. The number of aliphatic carboxylic acids is 1. The van der Waals surface area contributed by atoms with Gasteiger partial charge in [-0.3, -0.25) is 4.79 Å². The Morgan fingerprint density at radius 3 is 2.24 bits per heavy atom. The number of ether oxygens (including phenoxy) is 1. The van der Waals surface area contributed by atoms with Crippen LogP contribution >= 0.6 is 0 Å². The van der Waals surface area contributed by atoms with Gasteiger partial charge in [-0.05, 0) is 24.7 Å². The maximum atomic E-state index is 11.0. The molecule has 0 aromatic carbocycles. The number of unbranched alkanes of at least 4 members (excludes halogenated alkanes) is 1. The van der Waals surface area contributed by atoms with Gasteiger partial charge in [0.2, 0.25) is 0 Å². The van der Waals surface area contributed by atoms with Gasteiger partial charge < -0.3 is 9.84 Å². The van der Waals surface area contributed by atoms with E-state index in [4.69, 9.17) is 9.84 Å². The SMILES string of the molecule is CCC(=O)OC(CCCCC(C)(C)C)C(=O)O. The van der Waals surface area contributed by atoms with Gasteiger partial charge in [0, 0.05) is 6.42 Å². The smallest absolute Gasteiger partial charge is 0.345 e. The van der Waals surface area contributed by atoms with Crippen molar-refractivity contribution in [1.29, 1.82) is 0 Å². The van der Waals surface area contributed by atoms with Crippen molar-refractivity contribution in [3.05, 3.63) is 0 Å². The number of hydrogen-bond donors (Lipinski definition) is 1. The maximum Gasteiger partial charge on any atom is 0.345 e. The molecule has 1 unspecified atom stereocenters. The van der Waals surface area contributed by atoms with Crippen molar-refractivity contribution in [2.24, 2.45) is 5.41 Å². The van der Waals surface area contributed by atoms with Crippen molar-refractivity contribution in [1.82, 2.24) is 0 Å². The summed E-state index contributed by atoms with van der Waals surface area (Å²) in [6, 6.07) is 0. The summed E-state index contributed by atoms with van der Waals surface area (Å²) in [6.45, 7) is 8.11. The van der Waals surface area contributed by atoms with Gasteiger partial charge in [0.15, 0.2) is 6.10 Å². The minimum Gasteiger partial charge on any atom is -0.479 e. The van der Waals surface area contributed by atoms with E-state index in [2.05, 4.69) is 20.8 Å².